The maximum absolute atomic E-state index is 12.1. The van der Waals surface area contributed by atoms with Crippen LogP contribution in [0.5, 0.6) is 5.75 Å². The number of benzene rings is 1. The third kappa shape index (κ3) is 5.69. The Morgan fingerprint density at radius 3 is 2.97 bits per heavy atom. The zero-order valence-corrected chi connectivity index (χ0v) is 18.4. The first-order valence-electron chi connectivity index (χ1n) is 8.32. The molecule has 3 rings (SSSR count). The third-order valence-corrected chi connectivity index (χ3v) is 5.68. The van der Waals surface area contributed by atoms with Gasteiger partial charge in [-0.15, -0.1) is 27.0 Å². The first-order valence-corrected chi connectivity index (χ1v) is 10.9. The molecule has 0 spiro atoms. The van der Waals surface area contributed by atoms with Crippen molar-refractivity contribution < 1.29 is 9.53 Å². The molecule has 3 aromatic rings. The second kappa shape index (κ2) is 10.1. The SMILES string of the molecule is C=CCn1c(SCC(=O)Nc2nncs2)nnc1C(C)Oc1cc(Cl)ccc1Cl. The van der Waals surface area contributed by atoms with Gasteiger partial charge < -0.3 is 4.74 Å². The lowest BCUT2D eigenvalue weighted by Crippen LogP contribution is -2.15. The van der Waals surface area contributed by atoms with Crippen molar-refractivity contribution in [1.29, 1.82) is 0 Å². The number of halogens is 2. The maximum Gasteiger partial charge on any atom is 0.236 e. The molecule has 152 valence electrons. The predicted octanol–water partition coefficient (Wildman–Crippen LogP) is 4.49. The van der Waals surface area contributed by atoms with Crippen molar-refractivity contribution in [3.05, 3.63) is 52.2 Å². The Balaban J connectivity index is 1.71. The van der Waals surface area contributed by atoms with Gasteiger partial charge in [0.2, 0.25) is 11.0 Å². The molecule has 0 saturated heterocycles. The number of nitrogens with zero attached hydrogens (tertiary/aromatic N) is 5. The van der Waals surface area contributed by atoms with E-state index in [2.05, 4.69) is 32.3 Å². The molecule has 0 aliphatic carbocycles. The Morgan fingerprint density at radius 1 is 1.41 bits per heavy atom. The average Bonchev–Trinajstić information content (AvgIpc) is 3.33. The van der Waals surface area contributed by atoms with Crippen molar-refractivity contribution in [2.24, 2.45) is 0 Å². The van der Waals surface area contributed by atoms with Crippen LogP contribution in [-0.4, -0.2) is 36.6 Å². The van der Waals surface area contributed by atoms with Crippen LogP contribution in [0.1, 0.15) is 18.9 Å². The van der Waals surface area contributed by atoms with Gasteiger partial charge in [-0.1, -0.05) is 52.4 Å². The molecule has 0 aliphatic rings. The van der Waals surface area contributed by atoms with Crippen LogP contribution in [0.2, 0.25) is 10.0 Å². The molecule has 1 amide bonds. The highest BCUT2D eigenvalue weighted by atomic mass is 35.5. The highest BCUT2D eigenvalue weighted by Gasteiger charge is 2.21. The quantitative estimate of drug-likeness (QED) is 0.363. The van der Waals surface area contributed by atoms with Crippen LogP contribution in [0, 0.1) is 0 Å². The summed E-state index contributed by atoms with van der Waals surface area (Å²) in [4.78, 5) is 12.1. The molecule has 0 saturated carbocycles. The zero-order chi connectivity index (χ0) is 20.8. The van der Waals surface area contributed by atoms with Gasteiger partial charge in [-0.2, -0.15) is 0 Å². The number of ether oxygens (including phenoxy) is 1. The van der Waals surface area contributed by atoms with E-state index in [0.29, 0.717) is 38.5 Å². The molecule has 12 heteroatoms. The van der Waals surface area contributed by atoms with Crippen molar-refractivity contribution in [1.82, 2.24) is 25.0 Å². The molecular formula is C17H16Cl2N6O2S2. The molecule has 0 bridgehead atoms. The van der Waals surface area contributed by atoms with Crippen molar-refractivity contribution in [2.75, 3.05) is 11.1 Å². The molecule has 0 aliphatic heterocycles. The number of anilines is 1. The number of allylic oxidation sites excluding steroid dienone is 1. The van der Waals surface area contributed by atoms with Crippen LogP contribution in [0.25, 0.3) is 0 Å². The van der Waals surface area contributed by atoms with Crippen LogP contribution in [0.3, 0.4) is 0 Å². The molecule has 2 heterocycles. The summed E-state index contributed by atoms with van der Waals surface area (Å²) in [7, 11) is 0. The number of carbonyl (C=O) groups is 1. The van der Waals surface area contributed by atoms with Crippen molar-refractivity contribution >= 4 is 57.3 Å². The van der Waals surface area contributed by atoms with Gasteiger partial charge >= 0.3 is 0 Å². The minimum atomic E-state index is -0.456. The van der Waals surface area contributed by atoms with E-state index in [9.17, 15) is 4.79 Å². The van der Waals surface area contributed by atoms with E-state index in [1.165, 1.54) is 23.1 Å². The summed E-state index contributed by atoms with van der Waals surface area (Å²) >= 11 is 14.7. The van der Waals surface area contributed by atoms with Gasteiger partial charge in [-0.25, -0.2) is 0 Å². The highest BCUT2D eigenvalue weighted by molar-refractivity contribution is 7.99. The molecule has 1 aromatic carbocycles. The van der Waals surface area contributed by atoms with Crippen molar-refractivity contribution in [3.8, 4) is 5.75 Å². The number of hydrogen-bond acceptors (Lipinski definition) is 8. The Bertz CT molecular complexity index is 996. The second-order valence-electron chi connectivity index (χ2n) is 5.66. The number of thioether (sulfide) groups is 1. The van der Waals surface area contributed by atoms with E-state index in [0.717, 1.165) is 0 Å². The molecule has 2 aromatic heterocycles. The summed E-state index contributed by atoms with van der Waals surface area (Å²) in [6.07, 6.45) is 1.26. The van der Waals surface area contributed by atoms with Gasteiger partial charge in [-0.05, 0) is 19.1 Å². The van der Waals surface area contributed by atoms with E-state index < -0.39 is 6.10 Å². The Labute approximate surface area is 185 Å². The Hall–Kier alpha value is -2.14. The smallest absolute Gasteiger partial charge is 0.236 e. The number of hydrogen-bond donors (Lipinski definition) is 1. The minimum Gasteiger partial charge on any atom is -0.481 e. The van der Waals surface area contributed by atoms with Gasteiger partial charge in [0, 0.05) is 17.6 Å². The fourth-order valence-corrected chi connectivity index (χ4v) is 3.87. The summed E-state index contributed by atoms with van der Waals surface area (Å²) in [6, 6.07) is 4.99. The Kier molecular flexibility index (Phi) is 7.48. The van der Waals surface area contributed by atoms with Crippen LogP contribution in [0.15, 0.2) is 41.5 Å². The second-order valence-corrected chi connectivity index (χ2v) is 8.27. The number of nitrogens with one attached hydrogen (secondary N) is 1. The fourth-order valence-electron chi connectivity index (χ4n) is 2.33. The van der Waals surface area contributed by atoms with Crippen LogP contribution < -0.4 is 10.1 Å². The van der Waals surface area contributed by atoms with E-state index in [1.54, 1.807) is 29.8 Å². The lowest BCUT2D eigenvalue weighted by molar-refractivity contribution is -0.113. The summed E-state index contributed by atoms with van der Waals surface area (Å²) in [5.41, 5.74) is 1.54. The van der Waals surface area contributed by atoms with Crippen LogP contribution >= 0.6 is 46.3 Å². The summed E-state index contributed by atoms with van der Waals surface area (Å²) in [6.45, 7) is 6.06. The summed E-state index contributed by atoms with van der Waals surface area (Å²) in [5, 5.41) is 20.5. The first-order chi connectivity index (χ1) is 14.0. The highest BCUT2D eigenvalue weighted by Crippen LogP contribution is 2.32. The van der Waals surface area contributed by atoms with Gasteiger partial charge in [0.05, 0.1) is 10.8 Å². The van der Waals surface area contributed by atoms with E-state index >= 15 is 0 Å². The van der Waals surface area contributed by atoms with Crippen molar-refractivity contribution in [2.45, 2.75) is 24.7 Å². The average molecular weight is 471 g/mol. The fraction of sp³-hybridized carbons (Fsp3) is 0.235. The molecule has 1 unspecified atom stereocenters. The normalized spacial score (nSPS) is 11.8. The molecule has 29 heavy (non-hydrogen) atoms. The van der Waals surface area contributed by atoms with E-state index in [-0.39, 0.29) is 11.7 Å². The lowest BCUT2D eigenvalue weighted by Gasteiger charge is -2.16. The minimum absolute atomic E-state index is 0.143. The molecular weight excluding hydrogens is 455 g/mol. The lowest BCUT2D eigenvalue weighted by atomic mass is 10.3. The monoisotopic (exact) mass is 470 g/mol. The van der Waals surface area contributed by atoms with Gasteiger partial charge in [0.25, 0.3) is 0 Å². The molecule has 1 N–H and O–H groups in total. The molecule has 0 fully saturated rings. The van der Waals surface area contributed by atoms with Crippen LogP contribution in [-0.2, 0) is 11.3 Å². The largest absolute Gasteiger partial charge is 0.481 e. The van der Waals surface area contributed by atoms with Crippen LogP contribution in [0.4, 0.5) is 5.13 Å². The predicted molar refractivity (Wildman–Crippen MR) is 115 cm³/mol. The number of amides is 1. The summed E-state index contributed by atoms with van der Waals surface area (Å²) < 4.78 is 7.76. The maximum atomic E-state index is 12.1. The molecule has 0 radical (unpaired) electrons. The zero-order valence-electron chi connectivity index (χ0n) is 15.2. The van der Waals surface area contributed by atoms with E-state index in [1.807, 2.05) is 11.5 Å². The van der Waals surface area contributed by atoms with Gasteiger partial charge in [0.1, 0.15) is 11.3 Å². The standard InChI is InChI=1S/C17H16Cl2N6O2S2/c1-3-6-25-15(10(2)27-13-7-11(18)4-5-12(13)19)22-24-17(25)28-8-14(26)21-16-23-20-9-29-16/h3-5,7,9-10H,1,6,8H2,2H3,(H,21,23,26). The topological polar surface area (TPSA) is 94.8 Å². The summed E-state index contributed by atoms with van der Waals surface area (Å²) in [5.74, 6) is 0.958. The molecule has 1 atom stereocenters. The third-order valence-electron chi connectivity index (χ3n) is 3.56. The first kappa shape index (κ1) is 21.6. The van der Waals surface area contributed by atoms with Gasteiger partial charge in [-0.3, -0.25) is 14.7 Å². The Morgan fingerprint density at radius 2 is 2.24 bits per heavy atom. The molecule has 8 nitrogen and oxygen atoms in total. The number of rotatable bonds is 9. The van der Waals surface area contributed by atoms with Gasteiger partial charge in [0.15, 0.2) is 17.1 Å². The van der Waals surface area contributed by atoms with E-state index in [4.69, 9.17) is 27.9 Å². The number of carbonyl (C=O) groups excluding carboxylic acids is 1. The van der Waals surface area contributed by atoms with Crippen molar-refractivity contribution in [3.63, 3.8) is 0 Å². The number of aromatic nitrogens is 5.